The zero-order valence-corrected chi connectivity index (χ0v) is 15.8. The first-order valence-corrected chi connectivity index (χ1v) is 11.0. The third kappa shape index (κ3) is 3.58. The number of unbranched alkanes of at least 4 members (excludes halogenated alkanes) is 1. The zero-order valence-electron chi connectivity index (χ0n) is 14.9. The first kappa shape index (κ1) is 18.8. The Morgan fingerprint density at radius 2 is 1.35 bits per heavy atom. The molecule has 0 aliphatic heterocycles. The molecule has 3 N–H and O–H groups in total. The maximum atomic E-state index is 11.2. The van der Waals surface area contributed by atoms with Crippen molar-refractivity contribution in [1.82, 2.24) is 0 Å². The first-order chi connectivity index (χ1) is 12.4. The number of hydrogen-bond donors (Lipinski definition) is 3. The molecule has 0 amide bonds. The van der Waals surface area contributed by atoms with Gasteiger partial charge in [-0.1, -0.05) is 0 Å². The van der Waals surface area contributed by atoms with Crippen LogP contribution in [0.3, 0.4) is 0 Å². The summed E-state index contributed by atoms with van der Waals surface area (Å²) in [5, 5.41) is 0.338. The molecule has 0 atom stereocenters. The number of aryl methyl sites for hydroxylation is 1. The minimum absolute atomic E-state index is 0.142. The molecule has 26 heavy (non-hydrogen) atoms. The fourth-order valence-corrected chi connectivity index (χ4v) is 5.33. The predicted octanol–water partition coefficient (Wildman–Crippen LogP) is 3.92. The van der Waals surface area contributed by atoms with Gasteiger partial charge in [0.2, 0.25) is 0 Å². The summed E-state index contributed by atoms with van der Waals surface area (Å²) >= 11 is 0. The molecule has 3 aromatic rings. The Morgan fingerprint density at radius 3 is 1.96 bits per heavy atom. The van der Waals surface area contributed by atoms with Gasteiger partial charge in [0.25, 0.3) is 0 Å². The molecule has 0 saturated carbocycles. The Balaban J connectivity index is 2.28. The van der Waals surface area contributed by atoms with Gasteiger partial charge in [-0.15, -0.1) is 0 Å². The second kappa shape index (κ2) is 7.30. The molecule has 3 rings (SSSR count). The summed E-state index contributed by atoms with van der Waals surface area (Å²) < 4.78 is 0. The number of hydrogen-bond acceptors (Lipinski definition) is 3. The van der Waals surface area contributed by atoms with E-state index in [9.17, 15) is 14.7 Å². The van der Waals surface area contributed by atoms with Crippen molar-refractivity contribution in [1.29, 1.82) is 0 Å². The van der Waals surface area contributed by atoms with Crippen molar-refractivity contribution in [2.24, 2.45) is 0 Å². The molecule has 0 aliphatic rings. The van der Waals surface area contributed by atoms with Crippen molar-refractivity contribution >= 4 is 17.9 Å². The number of benzene rings is 3. The van der Waals surface area contributed by atoms with E-state index in [4.69, 9.17) is 0 Å². The summed E-state index contributed by atoms with van der Waals surface area (Å²) in [6, 6.07) is 23.3. The van der Waals surface area contributed by atoms with E-state index in [1.165, 1.54) is 0 Å². The third-order valence-corrected chi connectivity index (χ3v) is 7.18. The van der Waals surface area contributed by atoms with Gasteiger partial charge >= 0.3 is 154 Å². The predicted molar refractivity (Wildman–Crippen MR) is 110 cm³/mol. The summed E-state index contributed by atoms with van der Waals surface area (Å²) in [4.78, 5) is 33.5. The van der Waals surface area contributed by atoms with Crippen LogP contribution in [0, 0.1) is 0 Å². The van der Waals surface area contributed by atoms with Crippen LogP contribution in [0.4, 0.5) is 0 Å². The Bertz CT molecular complexity index is 868. The fraction of sp³-hybridized carbons (Fsp3) is 0.182. The van der Waals surface area contributed by atoms with Crippen LogP contribution in [0.5, 0.6) is 0 Å². The van der Waals surface area contributed by atoms with Crippen LogP contribution in [0.15, 0.2) is 78.9 Å². The summed E-state index contributed by atoms with van der Waals surface area (Å²) in [5.41, 5.74) is 2.60. The van der Waals surface area contributed by atoms with Gasteiger partial charge in [0, 0.05) is 0 Å². The molecule has 0 radical (unpaired) electrons. The van der Waals surface area contributed by atoms with Crippen molar-refractivity contribution in [3.63, 3.8) is 0 Å². The van der Waals surface area contributed by atoms with Crippen LogP contribution in [0.2, 0.25) is 0 Å². The van der Waals surface area contributed by atoms with Gasteiger partial charge in [0.1, 0.15) is 0 Å². The molecule has 0 aromatic heterocycles. The van der Waals surface area contributed by atoms with Crippen LogP contribution in [-0.2, 0) is 6.42 Å². The van der Waals surface area contributed by atoms with Crippen molar-refractivity contribution in [2.75, 3.05) is 0 Å². The quantitative estimate of drug-likeness (QED) is 0.578. The second-order valence-electron chi connectivity index (χ2n) is 6.60. The minimum atomic E-state index is -5.25. The monoisotopic (exact) mass is 368 g/mol. The van der Waals surface area contributed by atoms with Crippen molar-refractivity contribution < 1.29 is 14.7 Å². The molecule has 0 unspecified atom stereocenters. The fourth-order valence-electron chi connectivity index (χ4n) is 3.29. The van der Waals surface area contributed by atoms with E-state index in [1.807, 2.05) is 36.4 Å². The van der Waals surface area contributed by atoms with Crippen molar-refractivity contribution in [3.8, 4) is 11.1 Å². The molecule has 0 bridgehead atoms. The van der Waals surface area contributed by atoms with Gasteiger partial charge in [-0.05, 0) is 0 Å². The van der Waals surface area contributed by atoms with Gasteiger partial charge in [-0.3, -0.25) is 0 Å². The Morgan fingerprint density at radius 1 is 0.731 bits per heavy atom. The van der Waals surface area contributed by atoms with Crippen LogP contribution >= 0.6 is 7.28 Å². The molecule has 4 heteroatoms. The second-order valence-corrected chi connectivity index (χ2v) is 9.55. The molecular formula is C22H25O3P. The van der Waals surface area contributed by atoms with Crippen LogP contribution < -0.4 is 10.6 Å². The van der Waals surface area contributed by atoms with Crippen LogP contribution in [0.1, 0.15) is 25.3 Å². The van der Waals surface area contributed by atoms with E-state index in [0.717, 1.165) is 36.0 Å². The molecule has 0 fully saturated rings. The van der Waals surface area contributed by atoms with E-state index in [1.54, 1.807) is 42.5 Å². The summed E-state index contributed by atoms with van der Waals surface area (Å²) in [6.07, 6.45) is 2.85. The maximum absolute atomic E-state index is 11.2. The third-order valence-electron chi connectivity index (χ3n) is 4.67. The van der Waals surface area contributed by atoms with Crippen molar-refractivity contribution in [2.45, 2.75) is 26.2 Å². The van der Waals surface area contributed by atoms with E-state index in [0.29, 0.717) is 0 Å². The van der Waals surface area contributed by atoms with Crippen LogP contribution in [-0.4, -0.2) is 14.7 Å². The number of rotatable bonds is 6. The van der Waals surface area contributed by atoms with Gasteiger partial charge in [-0.2, -0.15) is 0 Å². The molecule has 0 aliphatic carbocycles. The van der Waals surface area contributed by atoms with E-state index in [-0.39, 0.29) is 10.6 Å². The van der Waals surface area contributed by atoms with Crippen LogP contribution in [0.25, 0.3) is 11.1 Å². The topological polar surface area (TPSA) is 60.7 Å². The normalized spacial score (nSPS) is 13.2. The zero-order chi connectivity index (χ0) is 18.6. The Hall–Kier alpha value is -2.03. The van der Waals surface area contributed by atoms with E-state index < -0.39 is 7.28 Å². The molecule has 0 saturated heterocycles. The van der Waals surface area contributed by atoms with Gasteiger partial charge < -0.3 is 0 Å². The molecule has 0 heterocycles. The van der Waals surface area contributed by atoms with E-state index >= 15 is 0 Å². The Labute approximate surface area is 154 Å². The Kier molecular flexibility index (Phi) is 5.27. The standard InChI is InChI=1S/C22H25O3P/c1-2-3-11-18-14-10-17-21(22(18)19-12-6-4-7-13-19)26(23,24,25)20-15-8-5-9-16-20/h4-10,12-17,23-25H,2-3,11H2,1H3. The first-order valence-electron chi connectivity index (χ1n) is 8.92. The van der Waals surface area contributed by atoms with E-state index in [2.05, 4.69) is 6.92 Å². The SMILES string of the molecule is CCCCc1cccc(P(O)(O)(O)c2ccccc2)c1-c1ccccc1. The molecule has 3 nitrogen and oxygen atoms in total. The summed E-state index contributed by atoms with van der Waals surface area (Å²) in [7, 11) is -5.25. The summed E-state index contributed by atoms with van der Waals surface area (Å²) in [6.45, 7) is 2.13. The molecule has 136 valence electrons. The molecule has 3 aromatic carbocycles. The van der Waals surface area contributed by atoms with Gasteiger partial charge in [0.05, 0.1) is 0 Å². The average Bonchev–Trinajstić information content (AvgIpc) is 2.67. The molecule has 0 spiro atoms. The summed E-state index contributed by atoms with van der Waals surface area (Å²) in [5.74, 6) is 0. The van der Waals surface area contributed by atoms with Gasteiger partial charge in [0.15, 0.2) is 0 Å². The molecular weight excluding hydrogens is 343 g/mol. The van der Waals surface area contributed by atoms with Crippen molar-refractivity contribution in [3.05, 3.63) is 84.4 Å². The average molecular weight is 368 g/mol. The van der Waals surface area contributed by atoms with Gasteiger partial charge in [-0.25, -0.2) is 0 Å².